The molecule has 3 N–H and O–H groups in total. The molecule has 2 aromatic carbocycles. The summed E-state index contributed by atoms with van der Waals surface area (Å²) >= 11 is 0. The van der Waals surface area contributed by atoms with E-state index in [9.17, 15) is 4.79 Å². The van der Waals surface area contributed by atoms with Crippen LogP contribution in [0.3, 0.4) is 0 Å². The Morgan fingerprint density at radius 2 is 1.49 bits per heavy atom. The van der Waals surface area contributed by atoms with Crippen LogP contribution in [-0.2, 0) is 0 Å². The maximum absolute atomic E-state index is 12.5. The molecule has 0 bridgehead atoms. The molecule has 35 heavy (non-hydrogen) atoms. The van der Waals surface area contributed by atoms with E-state index in [4.69, 9.17) is 14.2 Å². The van der Waals surface area contributed by atoms with Gasteiger partial charge in [0.2, 0.25) is 5.75 Å². The van der Waals surface area contributed by atoms with Crippen molar-refractivity contribution in [1.29, 1.82) is 0 Å². The second-order valence-corrected chi connectivity index (χ2v) is 7.30. The number of anilines is 4. The number of hydrogen-bond donors (Lipinski definition) is 3. The van der Waals surface area contributed by atoms with E-state index in [0.29, 0.717) is 40.3 Å². The smallest absolute Gasteiger partial charge is 0.323 e. The van der Waals surface area contributed by atoms with Crippen LogP contribution in [0, 0.1) is 6.92 Å². The highest BCUT2D eigenvalue weighted by Gasteiger charge is 2.14. The number of carbonyl (C=O) groups is 1. The number of imidazole rings is 1. The van der Waals surface area contributed by atoms with Crippen LogP contribution < -0.4 is 30.2 Å². The van der Waals surface area contributed by atoms with Crippen LogP contribution in [0.1, 0.15) is 5.82 Å². The number of aromatic nitrogens is 4. The van der Waals surface area contributed by atoms with Gasteiger partial charge in [-0.3, -0.25) is 4.57 Å². The van der Waals surface area contributed by atoms with Crippen LogP contribution in [0.15, 0.2) is 61.2 Å². The lowest BCUT2D eigenvalue weighted by Crippen LogP contribution is -2.19. The number of urea groups is 1. The molecule has 0 radical (unpaired) electrons. The topological polar surface area (TPSA) is 124 Å². The van der Waals surface area contributed by atoms with Gasteiger partial charge in [0.1, 0.15) is 23.8 Å². The molecule has 4 rings (SSSR count). The predicted octanol–water partition coefficient (Wildman–Crippen LogP) is 4.38. The Hall–Kier alpha value is -4.80. The Labute approximate surface area is 202 Å². The Morgan fingerprint density at radius 1 is 0.829 bits per heavy atom. The summed E-state index contributed by atoms with van der Waals surface area (Å²) in [6.07, 6.45) is 5.04. The maximum Gasteiger partial charge on any atom is 0.323 e. The first-order valence-electron chi connectivity index (χ1n) is 10.6. The molecule has 180 valence electrons. The van der Waals surface area contributed by atoms with Crippen LogP contribution in [0.4, 0.5) is 27.7 Å². The highest BCUT2D eigenvalue weighted by Crippen LogP contribution is 2.39. The molecule has 0 spiro atoms. The minimum atomic E-state index is -0.420. The average molecular weight is 476 g/mol. The van der Waals surface area contributed by atoms with Gasteiger partial charge in [-0.15, -0.1) is 0 Å². The van der Waals surface area contributed by atoms with Gasteiger partial charge in [-0.2, -0.15) is 0 Å². The van der Waals surface area contributed by atoms with E-state index < -0.39 is 6.03 Å². The minimum absolute atomic E-state index is 0.420. The molecule has 11 nitrogen and oxygen atoms in total. The summed E-state index contributed by atoms with van der Waals surface area (Å²) in [7, 11) is 4.54. The van der Waals surface area contributed by atoms with Crippen LogP contribution in [0.5, 0.6) is 17.2 Å². The number of benzene rings is 2. The van der Waals surface area contributed by atoms with Crippen molar-refractivity contribution in [3.05, 3.63) is 67.0 Å². The summed E-state index contributed by atoms with van der Waals surface area (Å²) < 4.78 is 17.8. The standard InChI is InChI=1S/C24H25N7O4/c1-15-25-9-10-31(15)22-13-21(26-14-27-22)28-16-5-7-17(8-6-16)29-24(32)30-18-11-19(33-2)23(35-4)20(12-18)34-3/h5-14H,1-4H3,(H,26,27,28)(H2,29,30,32). The van der Waals surface area contributed by atoms with Crippen LogP contribution in [0.2, 0.25) is 0 Å². The SMILES string of the molecule is COc1cc(NC(=O)Nc2ccc(Nc3cc(-n4ccnc4C)ncn3)cc2)cc(OC)c1OC. The number of carbonyl (C=O) groups excluding carboxylic acids is 1. The molecular weight excluding hydrogens is 450 g/mol. The molecule has 0 saturated heterocycles. The third-order valence-corrected chi connectivity index (χ3v) is 5.06. The van der Waals surface area contributed by atoms with Gasteiger partial charge in [0.25, 0.3) is 0 Å². The molecule has 0 unspecified atom stereocenters. The molecule has 0 aliphatic rings. The van der Waals surface area contributed by atoms with Gasteiger partial charge < -0.3 is 30.2 Å². The summed E-state index contributed by atoms with van der Waals surface area (Å²) in [5.74, 6) is 3.49. The van der Waals surface area contributed by atoms with Crippen molar-refractivity contribution in [2.24, 2.45) is 0 Å². The maximum atomic E-state index is 12.5. The summed E-state index contributed by atoms with van der Waals surface area (Å²) in [5.41, 5.74) is 1.90. The molecule has 2 aromatic heterocycles. The highest BCUT2D eigenvalue weighted by atomic mass is 16.5. The number of aryl methyl sites for hydroxylation is 1. The number of nitrogens with one attached hydrogen (secondary N) is 3. The molecule has 2 amide bonds. The van der Waals surface area contributed by atoms with E-state index in [-0.39, 0.29) is 0 Å². The summed E-state index contributed by atoms with van der Waals surface area (Å²) in [5, 5.41) is 8.79. The molecule has 0 fully saturated rings. The van der Waals surface area contributed by atoms with Gasteiger partial charge in [-0.25, -0.2) is 19.7 Å². The number of amides is 2. The van der Waals surface area contributed by atoms with E-state index in [1.165, 1.54) is 27.7 Å². The van der Waals surface area contributed by atoms with Crippen molar-refractivity contribution in [2.45, 2.75) is 6.92 Å². The highest BCUT2D eigenvalue weighted by molar-refractivity contribution is 6.00. The third kappa shape index (κ3) is 5.41. The number of rotatable bonds is 8. The van der Waals surface area contributed by atoms with Crippen molar-refractivity contribution >= 4 is 28.9 Å². The van der Waals surface area contributed by atoms with Gasteiger partial charge in [0.05, 0.1) is 27.0 Å². The number of nitrogens with zero attached hydrogens (tertiary/aromatic N) is 4. The molecule has 2 heterocycles. The predicted molar refractivity (Wildman–Crippen MR) is 132 cm³/mol. The van der Waals surface area contributed by atoms with Gasteiger partial charge in [-0.1, -0.05) is 0 Å². The number of hydrogen-bond acceptors (Lipinski definition) is 8. The lowest BCUT2D eigenvalue weighted by molar-refractivity contribution is 0.262. The summed E-state index contributed by atoms with van der Waals surface area (Å²) in [6.45, 7) is 1.90. The van der Waals surface area contributed by atoms with Crippen LogP contribution in [0.25, 0.3) is 5.82 Å². The second-order valence-electron chi connectivity index (χ2n) is 7.30. The van der Waals surface area contributed by atoms with Crippen LogP contribution in [-0.4, -0.2) is 46.9 Å². The lowest BCUT2D eigenvalue weighted by atomic mass is 10.2. The van der Waals surface area contributed by atoms with Crippen molar-refractivity contribution in [2.75, 3.05) is 37.3 Å². The van der Waals surface area contributed by atoms with Crippen molar-refractivity contribution in [3.8, 4) is 23.1 Å². The number of ether oxygens (including phenoxy) is 3. The zero-order chi connectivity index (χ0) is 24.8. The van der Waals surface area contributed by atoms with Crippen molar-refractivity contribution < 1.29 is 19.0 Å². The summed E-state index contributed by atoms with van der Waals surface area (Å²) in [6, 6.07) is 11.9. The minimum Gasteiger partial charge on any atom is -0.493 e. The Kier molecular flexibility index (Phi) is 6.96. The van der Waals surface area contributed by atoms with Gasteiger partial charge in [0, 0.05) is 42.0 Å². The number of methoxy groups -OCH3 is 3. The molecule has 0 aliphatic carbocycles. The Morgan fingerprint density at radius 3 is 2.09 bits per heavy atom. The molecule has 11 heteroatoms. The van der Waals surface area contributed by atoms with Gasteiger partial charge >= 0.3 is 6.03 Å². The molecular formula is C24H25N7O4. The van der Waals surface area contributed by atoms with Crippen LogP contribution >= 0.6 is 0 Å². The molecule has 0 aliphatic heterocycles. The van der Waals surface area contributed by atoms with E-state index in [2.05, 4.69) is 30.9 Å². The van der Waals surface area contributed by atoms with E-state index >= 15 is 0 Å². The fraction of sp³-hybridized carbons (Fsp3) is 0.167. The molecule has 0 atom stereocenters. The van der Waals surface area contributed by atoms with Crippen molar-refractivity contribution in [1.82, 2.24) is 19.5 Å². The quantitative estimate of drug-likeness (QED) is 0.343. The zero-order valence-electron chi connectivity index (χ0n) is 19.7. The monoisotopic (exact) mass is 475 g/mol. The first-order valence-corrected chi connectivity index (χ1v) is 10.6. The van der Waals surface area contributed by atoms with Gasteiger partial charge in [-0.05, 0) is 31.2 Å². The van der Waals surface area contributed by atoms with E-state index in [1.54, 1.807) is 30.5 Å². The Bertz CT molecular complexity index is 1300. The summed E-state index contributed by atoms with van der Waals surface area (Å²) in [4.78, 5) is 25.3. The van der Waals surface area contributed by atoms with Gasteiger partial charge in [0.15, 0.2) is 11.5 Å². The first-order chi connectivity index (χ1) is 17.0. The van der Waals surface area contributed by atoms with E-state index in [1.807, 2.05) is 35.9 Å². The zero-order valence-corrected chi connectivity index (χ0v) is 19.7. The molecule has 0 saturated carbocycles. The molecule has 4 aromatic rings. The largest absolute Gasteiger partial charge is 0.493 e. The normalized spacial score (nSPS) is 10.4. The Balaban J connectivity index is 1.40. The lowest BCUT2D eigenvalue weighted by Gasteiger charge is -2.15. The fourth-order valence-electron chi connectivity index (χ4n) is 3.40. The third-order valence-electron chi connectivity index (χ3n) is 5.06. The van der Waals surface area contributed by atoms with E-state index in [0.717, 1.165) is 11.5 Å². The second kappa shape index (κ2) is 10.4. The first kappa shape index (κ1) is 23.4. The fourth-order valence-corrected chi connectivity index (χ4v) is 3.40. The average Bonchev–Trinajstić information content (AvgIpc) is 3.30. The van der Waals surface area contributed by atoms with Crippen molar-refractivity contribution in [3.63, 3.8) is 0 Å².